The van der Waals surface area contributed by atoms with Gasteiger partial charge in [-0.25, -0.2) is 0 Å². The quantitative estimate of drug-likeness (QED) is 0.837. The first-order valence-corrected chi connectivity index (χ1v) is 9.60. The molecule has 1 aliphatic heterocycles. The van der Waals surface area contributed by atoms with Crippen molar-refractivity contribution in [1.82, 2.24) is 4.90 Å². The molecular weight excluding hydrogens is 356 g/mol. The molecule has 4 rings (SSSR count). The van der Waals surface area contributed by atoms with Crippen molar-refractivity contribution in [3.05, 3.63) is 53.6 Å². The molecular formula is C22H24N2O4. The summed E-state index contributed by atoms with van der Waals surface area (Å²) in [5, 5.41) is 2.87. The largest absolute Gasteiger partial charge is 0.493 e. The smallest absolute Gasteiger partial charge is 0.262 e. The summed E-state index contributed by atoms with van der Waals surface area (Å²) in [6.07, 6.45) is 2.90. The number of nitrogens with zero attached hydrogens (tertiary/aromatic N) is 1. The van der Waals surface area contributed by atoms with Gasteiger partial charge >= 0.3 is 0 Å². The van der Waals surface area contributed by atoms with Crippen LogP contribution in [0.2, 0.25) is 0 Å². The standard InChI is InChI=1S/C22H24N2O4/c1-27-19-4-2-3-5-20(19)28-14-21(25)23-18-9-8-15-10-11-24(13-17(15)12-18)22(26)16-6-7-16/h2-5,8-9,12,16H,6-7,10-11,13-14H2,1H3,(H,23,25). The molecule has 6 heteroatoms. The van der Waals surface area contributed by atoms with Crippen molar-refractivity contribution >= 4 is 17.5 Å². The maximum Gasteiger partial charge on any atom is 0.262 e. The van der Waals surface area contributed by atoms with Crippen LogP contribution in [0.4, 0.5) is 5.69 Å². The second-order valence-electron chi connectivity index (χ2n) is 7.26. The Bertz CT molecular complexity index is 892. The molecule has 1 saturated carbocycles. The summed E-state index contributed by atoms with van der Waals surface area (Å²) in [7, 11) is 1.56. The summed E-state index contributed by atoms with van der Waals surface area (Å²) in [5.74, 6) is 1.37. The Kier molecular flexibility index (Phi) is 5.19. The average molecular weight is 380 g/mol. The van der Waals surface area contributed by atoms with Gasteiger partial charge in [-0.05, 0) is 54.7 Å². The average Bonchev–Trinajstić information content (AvgIpc) is 3.56. The number of nitrogens with one attached hydrogen (secondary N) is 1. The van der Waals surface area contributed by atoms with E-state index in [9.17, 15) is 9.59 Å². The molecule has 0 bridgehead atoms. The molecule has 1 N–H and O–H groups in total. The van der Waals surface area contributed by atoms with Crippen LogP contribution in [0.1, 0.15) is 24.0 Å². The van der Waals surface area contributed by atoms with Crippen molar-refractivity contribution in [3.8, 4) is 11.5 Å². The first-order chi connectivity index (χ1) is 13.6. The summed E-state index contributed by atoms with van der Waals surface area (Å²) < 4.78 is 10.8. The van der Waals surface area contributed by atoms with E-state index in [2.05, 4.69) is 5.32 Å². The number of fused-ring (bicyclic) bond motifs is 1. The van der Waals surface area contributed by atoms with Gasteiger partial charge in [0, 0.05) is 24.7 Å². The normalized spacial score (nSPS) is 15.5. The van der Waals surface area contributed by atoms with E-state index in [1.54, 1.807) is 19.2 Å². The van der Waals surface area contributed by atoms with Gasteiger partial charge in [-0.15, -0.1) is 0 Å². The predicted molar refractivity (Wildman–Crippen MR) is 105 cm³/mol. The Morgan fingerprint density at radius 2 is 1.89 bits per heavy atom. The van der Waals surface area contributed by atoms with Gasteiger partial charge in [-0.1, -0.05) is 18.2 Å². The molecule has 1 aliphatic carbocycles. The van der Waals surface area contributed by atoms with E-state index < -0.39 is 0 Å². The number of carbonyl (C=O) groups is 2. The molecule has 0 saturated heterocycles. The number of ether oxygens (including phenoxy) is 2. The van der Waals surface area contributed by atoms with Gasteiger partial charge in [-0.2, -0.15) is 0 Å². The SMILES string of the molecule is COc1ccccc1OCC(=O)Nc1ccc2c(c1)CN(C(=O)C1CC1)CC2. The summed E-state index contributed by atoms with van der Waals surface area (Å²) in [6, 6.07) is 13.1. The number of anilines is 1. The van der Waals surface area contributed by atoms with Crippen LogP contribution >= 0.6 is 0 Å². The van der Waals surface area contributed by atoms with Crippen LogP contribution in [0.25, 0.3) is 0 Å². The van der Waals surface area contributed by atoms with Gasteiger partial charge in [0.25, 0.3) is 5.91 Å². The topological polar surface area (TPSA) is 67.9 Å². The summed E-state index contributed by atoms with van der Waals surface area (Å²) in [4.78, 5) is 26.6. The predicted octanol–water partition coefficient (Wildman–Crippen LogP) is 3.01. The monoisotopic (exact) mass is 380 g/mol. The molecule has 2 aliphatic rings. The molecule has 0 unspecified atom stereocenters. The van der Waals surface area contributed by atoms with E-state index in [0.29, 0.717) is 23.7 Å². The second kappa shape index (κ2) is 7.92. The van der Waals surface area contributed by atoms with E-state index in [-0.39, 0.29) is 24.3 Å². The third-order valence-electron chi connectivity index (χ3n) is 5.17. The number of hydrogen-bond donors (Lipinski definition) is 1. The van der Waals surface area contributed by atoms with Crippen molar-refractivity contribution in [2.45, 2.75) is 25.8 Å². The Morgan fingerprint density at radius 1 is 1.11 bits per heavy atom. The third-order valence-corrected chi connectivity index (χ3v) is 5.17. The highest BCUT2D eigenvalue weighted by molar-refractivity contribution is 5.92. The first kappa shape index (κ1) is 18.3. The Hall–Kier alpha value is -3.02. The Balaban J connectivity index is 1.36. The minimum Gasteiger partial charge on any atom is -0.493 e. The van der Waals surface area contributed by atoms with Gasteiger partial charge in [-0.3, -0.25) is 9.59 Å². The Labute approximate surface area is 164 Å². The number of rotatable bonds is 6. The molecule has 28 heavy (non-hydrogen) atoms. The van der Waals surface area contributed by atoms with Crippen LogP contribution in [-0.2, 0) is 22.6 Å². The highest BCUT2D eigenvalue weighted by Crippen LogP contribution is 2.33. The number of benzene rings is 2. The van der Waals surface area contributed by atoms with E-state index in [4.69, 9.17) is 9.47 Å². The Morgan fingerprint density at radius 3 is 2.64 bits per heavy atom. The lowest BCUT2D eigenvalue weighted by Crippen LogP contribution is -2.36. The molecule has 2 aromatic rings. The van der Waals surface area contributed by atoms with Crippen molar-refractivity contribution < 1.29 is 19.1 Å². The molecule has 0 radical (unpaired) electrons. The minimum absolute atomic E-state index is 0.107. The van der Waals surface area contributed by atoms with Gasteiger partial charge in [0.2, 0.25) is 5.91 Å². The highest BCUT2D eigenvalue weighted by atomic mass is 16.5. The molecule has 2 aromatic carbocycles. The number of methoxy groups -OCH3 is 1. The number of amides is 2. The van der Waals surface area contributed by atoms with E-state index in [1.807, 2.05) is 35.2 Å². The zero-order valence-electron chi connectivity index (χ0n) is 15.9. The molecule has 0 spiro atoms. The fraction of sp³-hybridized carbons (Fsp3) is 0.364. The van der Waals surface area contributed by atoms with E-state index in [1.165, 1.54) is 5.56 Å². The molecule has 146 valence electrons. The van der Waals surface area contributed by atoms with E-state index >= 15 is 0 Å². The zero-order valence-corrected chi connectivity index (χ0v) is 15.9. The number of hydrogen-bond acceptors (Lipinski definition) is 4. The molecule has 1 fully saturated rings. The van der Waals surface area contributed by atoms with Crippen LogP contribution in [0.5, 0.6) is 11.5 Å². The van der Waals surface area contributed by atoms with Gasteiger partial charge in [0.15, 0.2) is 18.1 Å². The fourth-order valence-corrected chi connectivity index (χ4v) is 3.49. The third kappa shape index (κ3) is 4.11. The molecule has 2 amide bonds. The summed E-state index contributed by atoms with van der Waals surface area (Å²) >= 11 is 0. The van der Waals surface area contributed by atoms with Crippen molar-refractivity contribution in [2.75, 3.05) is 25.6 Å². The minimum atomic E-state index is -0.243. The van der Waals surface area contributed by atoms with Crippen LogP contribution in [-0.4, -0.2) is 37.0 Å². The molecule has 1 heterocycles. The van der Waals surface area contributed by atoms with Crippen LogP contribution in [0.15, 0.2) is 42.5 Å². The van der Waals surface area contributed by atoms with E-state index in [0.717, 1.165) is 31.4 Å². The van der Waals surface area contributed by atoms with Gasteiger partial charge in [0.1, 0.15) is 0 Å². The second-order valence-corrected chi connectivity index (χ2v) is 7.26. The maximum absolute atomic E-state index is 12.3. The molecule has 0 atom stereocenters. The van der Waals surface area contributed by atoms with Crippen molar-refractivity contribution in [1.29, 1.82) is 0 Å². The van der Waals surface area contributed by atoms with Crippen LogP contribution < -0.4 is 14.8 Å². The lowest BCUT2D eigenvalue weighted by molar-refractivity contribution is -0.133. The van der Waals surface area contributed by atoms with Crippen molar-refractivity contribution in [3.63, 3.8) is 0 Å². The zero-order chi connectivity index (χ0) is 19.5. The molecule has 0 aromatic heterocycles. The fourth-order valence-electron chi connectivity index (χ4n) is 3.49. The lowest BCUT2D eigenvalue weighted by Gasteiger charge is -2.29. The van der Waals surface area contributed by atoms with Crippen LogP contribution in [0.3, 0.4) is 0 Å². The van der Waals surface area contributed by atoms with Crippen LogP contribution in [0, 0.1) is 5.92 Å². The summed E-state index contributed by atoms with van der Waals surface area (Å²) in [5.41, 5.74) is 3.06. The van der Waals surface area contributed by atoms with Gasteiger partial charge in [0.05, 0.1) is 7.11 Å². The first-order valence-electron chi connectivity index (χ1n) is 9.60. The number of carbonyl (C=O) groups excluding carboxylic acids is 2. The summed E-state index contributed by atoms with van der Waals surface area (Å²) in [6.45, 7) is 1.29. The number of para-hydroxylation sites is 2. The van der Waals surface area contributed by atoms with Gasteiger partial charge < -0.3 is 19.7 Å². The highest BCUT2D eigenvalue weighted by Gasteiger charge is 2.34. The molecule has 6 nitrogen and oxygen atoms in total. The van der Waals surface area contributed by atoms with Crippen molar-refractivity contribution in [2.24, 2.45) is 5.92 Å². The maximum atomic E-state index is 12.3. The lowest BCUT2D eigenvalue weighted by atomic mass is 9.98.